The molecule has 166 valence electrons. The van der Waals surface area contributed by atoms with E-state index in [9.17, 15) is 19.8 Å². The molecular formula is C25H26N3NaO4. The summed E-state index contributed by atoms with van der Waals surface area (Å²) in [5.74, 6) is -2.20. The zero-order valence-electron chi connectivity index (χ0n) is 19.3. The Bertz CT molecular complexity index is 1120. The average Bonchev–Trinajstić information content (AvgIpc) is 2.77. The zero-order valence-corrected chi connectivity index (χ0v) is 21.3. The average molecular weight is 455 g/mol. The van der Waals surface area contributed by atoms with Gasteiger partial charge in [-0.05, 0) is 43.4 Å². The molecule has 0 aliphatic rings. The van der Waals surface area contributed by atoms with Crippen LogP contribution in [0.3, 0.4) is 0 Å². The molecule has 1 amide bonds. The summed E-state index contributed by atoms with van der Waals surface area (Å²) in [6.45, 7) is 1.59. The number of likely N-dealkylation sites (N-methyl/N-ethyl adjacent to an activating group) is 2. The summed E-state index contributed by atoms with van der Waals surface area (Å²) >= 11 is 0. The predicted octanol–water partition coefficient (Wildman–Crippen LogP) is -0.323. The molecule has 0 unspecified atom stereocenters. The second-order valence-corrected chi connectivity index (χ2v) is 7.79. The third-order valence-corrected chi connectivity index (χ3v) is 5.14. The number of rotatable bonds is 8. The number of carboxylic acid groups (broad SMARTS) is 1. The van der Waals surface area contributed by atoms with E-state index in [1.54, 1.807) is 18.2 Å². The van der Waals surface area contributed by atoms with E-state index in [0.717, 1.165) is 29.9 Å². The van der Waals surface area contributed by atoms with Gasteiger partial charge in [-0.25, -0.2) is 0 Å². The van der Waals surface area contributed by atoms with Gasteiger partial charge in [-0.3, -0.25) is 4.79 Å². The molecule has 0 fully saturated rings. The fraction of sp³-hybridized carbons (Fsp3) is 0.200. The van der Waals surface area contributed by atoms with Crippen LogP contribution >= 0.6 is 0 Å². The van der Waals surface area contributed by atoms with Crippen LogP contribution in [0.5, 0.6) is 5.75 Å². The zero-order chi connectivity index (χ0) is 23.3. The van der Waals surface area contributed by atoms with Crippen LogP contribution in [0.2, 0.25) is 0 Å². The number of phenols is 1. The number of benzene rings is 3. The Morgan fingerprint density at radius 1 is 0.879 bits per heavy atom. The molecule has 0 aliphatic heterocycles. The van der Waals surface area contributed by atoms with Gasteiger partial charge in [0.25, 0.3) is 5.91 Å². The van der Waals surface area contributed by atoms with Gasteiger partial charge in [-0.15, -0.1) is 0 Å². The maximum absolute atomic E-state index is 12.8. The third kappa shape index (κ3) is 6.82. The Balaban J connectivity index is 0.00000385. The molecule has 0 spiro atoms. The van der Waals surface area contributed by atoms with Gasteiger partial charge in [-0.2, -0.15) is 0 Å². The SMILES string of the molecule is CN(C)CCN(C)c1ccc(C(=O)Nc2cc(-c3ccccc3)ccc2C(=O)[O-])c(O)c1.[Na+]. The van der Waals surface area contributed by atoms with Gasteiger partial charge in [-0.1, -0.05) is 42.5 Å². The maximum Gasteiger partial charge on any atom is 1.00 e. The van der Waals surface area contributed by atoms with Crippen molar-refractivity contribution in [2.45, 2.75) is 0 Å². The second-order valence-electron chi connectivity index (χ2n) is 7.79. The van der Waals surface area contributed by atoms with Crippen LogP contribution in [-0.2, 0) is 0 Å². The van der Waals surface area contributed by atoms with E-state index in [0.29, 0.717) is 0 Å². The van der Waals surface area contributed by atoms with Crippen molar-refractivity contribution in [3.8, 4) is 16.9 Å². The minimum atomic E-state index is -1.40. The van der Waals surface area contributed by atoms with Crippen molar-refractivity contribution in [1.82, 2.24) is 4.90 Å². The number of nitrogens with one attached hydrogen (secondary N) is 1. The summed E-state index contributed by atoms with van der Waals surface area (Å²) in [5, 5.41) is 24.6. The molecule has 7 nitrogen and oxygen atoms in total. The fourth-order valence-electron chi connectivity index (χ4n) is 3.25. The van der Waals surface area contributed by atoms with Crippen LogP contribution in [0.25, 0.3) is 11.1 Å². The number of anilines is 2. The fourth-order valence-corrected chi connectivity index (χ4v) is 3.25. The van der Waals surface area contributed by atoms with Crippen LogP contribution < -0.4 is 44.9 Å². The number of aromatic carboxylic acids is 1. The van der Waals surface area contributed by atoms with E-state index in [1.165, 1.54) is 18.2 Å². The molecule has 0 atom stereocenters. The Labute approximate surface area is 215 Å². The maximum atomic E-state index is 12.8. The number of nitrogens with zero attached hydrogens (tertiary/aromatic N) is 2. The van der Waals surface area contributed by atoms with E-state index < -0.39 is 11.9 Å². The molecule has 0 saturated carbocycles. The van der Waals surface area contributed by atoms with Crippen molar-refractivity contribution >= 4 is 23.3 Å². The molecule has 2 N–H and O–H groups in total. The van der Waals surface area contributed by atoms with Gasteiger partial charge in [0.1, 0.15) is 5.75 Å². The molecular weight excluding hydrogens is 429 g/mol. The standard InChI is InChI=1S/C25H27N3O4.Na/c1-27(2)13-14-28(3)19-10-12-21(23(29)16-19)24(30)26-22-15-18(9-11-20(22)25(31)32)17-7-5-4-6-8-17;/h4-12,15-16,29H,13-14H2,1-3H3,(H,26,30)(H,31,32);/q;+1/p-1. The Kier molecular flexibility index (Phi) is 9.49. The summed E-state index contributed by atoms with van der Waals surface area (Å²) < 4.78 is 0. The number of carboxylic acids is 1. The minimum absolute atomic E-state index is 0. The number of carbonyl (C=O) groups is 2. The first kappa shape index (κ1) is 26.4. The van der Waals surface area contributed by atoms with E-state index in [-0.39, 0.29) is 52.1 Å². The van der Waals surface area contributed by atoms with Crippen molar-refractivity contribution in [1.29, 1.82) is 0 Å². The molecule has 33 heavy (non-hydrogen) atoms. The molecule has 0 heterocycles. The molecule has 0 saturated heterocycles. The van der Waals surface area contributed by atoms with Crippen LogP contribution in [0.15, 0.2) is 66.7 Å². The van der Waals surface area contributed by atoms with Gasteiger partial charge in [0.15, 0.2) is 0 Å². The van der Waals surface area contributed by atoms with Crippen LogP contribution in [0.1, 0.15) is 20.7 Å². The van der Waals surface area contributed by atoms with Crippen molar-refractivity contribution < 1.29 is 49.4 Å². The third-order valence-electron chi connectivity index (χ3n) is 5.14. The number of phenolic OH excluding ortho intramolecular Hbond substituents is 1. The summed E-state index contributed by atoms with van der Waals surface area (Å²) in [5.41, 5.74) is 2.39. The van der Waals surface area contributed by atoms with Crippen LogP contribution in [0, 0.1) is 0 Å². The quantitative estimate of drug-likeness (QED) is 0.452. The van der Waals surface area contributed by atoms with E-state index in [2.05, 4.69) is 10.2 Å². The number of hydrogen-bond donors (Lipinski definition) is 2. The van der Waals surface area contributed by atoms with E-state index in [4.69, 9.17) is 0 Å². The number of carbonyl (C=O) groups excluding carboxylic acids is 2. The van der Waals surface area contributed by atoms with Crippen LogP contribution in [0.4, 0.5) is 11.4 Å². The van der Waals surface area contributed by atoms with Gasteiger partial charge < -0.3 is 30.1 Å². The monoisotopic (exact) mass is 455 g/mol. The normalized spacial score (nSPS) is 10.4. The topological polar surface area (TPSA) is 95.9 Å². The smallest absolute Gasteiger partial charge is 0.545 e. The number of amides is 1. The minimum Gasteiger partial charge on any atom is -0.545 e. The first-order chi connectivity index (χ1) is 15.3. The molecule has 3 rings (SSSR count). The Hall–Kier alpha value is -2.84. The Morgan fingerprint density at radius 3 is 2.15 bits per heavy atom. The van der Waals surface area contributed by atoms with Crippen molar-refractivity contribution in [3.05, 3.63) is 77.9 Å². The second kappa shape index (κ2) is 11.9. The van der Waals surface area contributed by atoms with Crippen molar-refractivity contribution in [3.63, 3.8) is 0 Å². The largest absolute Gasteiger partial charge is 1.00 e. The Morgan fingerprint density at radius 2 is 1.55 bits per heavy atom. The van der Waals surface area contributed by atoms with Gasteiger partial charge in [0, 0.05) is 37.5 Å². The van der Waals surface area contributed by atoms with Crippen molar-refractivity contribution in [2.75, 3.05) is 44.4 Å². The summed E-state index contributed by atoms with van der Waals surface area (Å²) in [6, 6.07) is 18.8. The summed E-state index contributed by atoms with van der Waals surface area (Å²) in [7, 11) is 5.86. The molecule has 3 aromatic rings. The summed E-state index contributed by atoms with van der Waals surface area (Å²) in [4.78, 5) is 28.4. The van der Waals surface area contributed by atoms with Gasteiger partial charge >= 0.3 is 29.6 Å². The van der Waals surface area contributed by atoms with Gasteiger partial charge in [0.05, 0.1) is 17.2 Å². The van der Waals surface area contributed by atoms with Gasteiger partial charge in [0.2, 0.25) is 0 Å². The number of aromatic hydroxyl groups is 1. The van der Waals surface area contributed by atoms with Crippen LogP contribution in [-0.4, -0.2) is 56.1 Å². The van der Waals surface area contributed by atoms with E-state index >= 15 is 0 Å². The predicted molar refractivity (Wildman–Crippen MR) is 124 cm³/mol. The van der Waals surface area contributed by atoms with Crippen molar-refractivity contribution in [2.24, 2.45) is 0 Å². The first-order valence-corrected chi connectivity index (χ1v) is 10.2. The molecule has 0 bridgehead atoms. The molecule has 0 aromatic heterocycles. The number of hydrogen-bond acceptors (Lipinski definition) is 6. The molecule has 0 radical (unpaired) electrons. The molecule has 8 heteroatoms. The van der Waals surface area contributed by atoms with E-state index in [1.807, 2.05) is 56.4 Å². The molecule has 3 aromatic carbocycles. The summed E-state index contributed by atoms with van der Waals surface area (Å²) in [6.07, 6.45) is 0. The molecule has 0 aliphatic carbocycles. The first-order valence-electron chi connectivity index (χ1n) is 10.2.